The van der Waals surface area contributed by atoms with Crippen LogP contribution in [0.3, 0.4) is 0 Å². The zero-order chi connectivity index (χ0) is 16.6. The summed E-state index contributed by atoms with van der Waals surface area (Å²) in [4.78, 5) is 15.4. The van der Waals surface area contributed by atoms with Crippen molar-refractivity contribution in [3.8, 4) is 23.0 Å². The van der Waals surface area contributed by atoms with Gasteiger partial charge in [0.25, 0.3) is 0 Å². The Hall–Kier alpha value is -2.89. The molecule has 0 aliphatic carbocycles. The Morgan fingerprint density at radius 1 is 0.920 bits per heavy atom. The standard InChI is InChI=1S/C19H15NO5/c21-18-19(9-23-14-8-16-15(7-12(14)19)24-10-25-16)11-3-1-4-13-17(11)20(18)5-2-6-22-13/h1,3-4,7-8H,2,5-6,9-10H2. The fourth-order valence-corrected chi connectivity index (χ4v) is 4.37. The van der Waals surface area contributed by atoms with Crippen molar-refractivity contribution < 1.29 is 23.7 Å². The van der Waals surface area contributed by atoms with Crippen LogP contribution in [0.2, 0.25) is 0 Å². The van der Waals surface area contributed by atoms with Gasteiger partial charge in [0.1, 0.15) is 23.5 Å². The lowest BCUT2D eigenvalue weighted by molar-refractivity contribution is -0.122. The van der Waals surface area contributed by atoms with Crippen molar-refractivity contribution in [3.63, 3.8) is 0 Å². The van der Waals surface area contributed by atoms with E-state index in [2.05, 4.69) is 0 Å². The number of hydrogen-bond donors (Lipinski definition) is 0. The first-order valence-corrected chi connectivity index (χ1v) is 8.44. The van der Waals surface area contributed by atoms with E-state index in [1.807, 2.05) is 35.2 Å². The lowest BCUT2D eigenvalue weighted by Crippen LogP contribution is -2.42. The number of carbonyl (C=O) groups is 1. The number of hydrogen-bond acceptors (Lipinski definition) is 5. The molecule has 6 nitrogen and oxygen atoms in total. The first kappa shape index (κ1) is 13.4. The zero-order valence-corrected chi connectivity index (χ0v) is 13.4. The second-order valence-electron chi connectivity index (χ2n) is 6.71. The maximum absolute atomic E-state index is 13.5. The molecule has 6 rings (SSSR count). The van der Waals surface area contributed by atoms with Crippen LogP contribution in [0.5, 0.6) is 23.0 Å². The number of nitrogens with zero attached hydrogens (tertiary/aromatic N) is 1. The third-order valence-electron chi connectivity index (χ3n) is 5.50. The van der Waals surface area contributed by atoms with Gasteiger partial charge in [0, 0.05) is 23.7 Å². The fourth-order valence-electron chi connectivity index (χ4n) is 4.37. The molecule has 0 saturated carbocycles. The molecule has 1 unspecified atom stereocenters. The van der Waals surface area contributed by atoms with Crippen LogP contribution in [0, 0.1) is 0 Å². The monoisotopic (exact) mass is 337 g/mol. The summed E-state index contributed by atoms with van der Waals surface area (Å²) < 4.78 is 22.8. The van der Waals surface area contributed by atoms with E-state index in [0.717, 1.165) is 29.0 Å². The Balaban J connectivity index is 1.64. The molecule has 2 aromatic rings. The van der Waals surface area contributed by atoms with Gasteiger partial charge in [-0.15, -0.1) is 0 Å². The SMILES string of the molecule is O=C1N2CCCOc3cccc(c32)C12COc1cc3c(cc12)OCO3. The van der Waals surface area contributed by atoms with E-state index in [1.165, 1.54) is 0 Å². The highest BCUT2D eigenvalue weighted by atomic mass is 16.7. The number of ether oxygens (including phenoxy) is 4. The van der Waals surface area contributed by atoms with E-state index in [1.54, 1.807) is 0 Å². The summed E-state index contributed by atoms with van der Waals surface area (Å²) in [5, 5.41) is 0. The third-order valence-corrected chi connectivity index (χ3v) is 5.50. The summed E-state index contributed by atoms with van der Waals surface area (Å²) in [5.41, 5.74) is 1.86. The minimum Gasteiger partial charge on any atom is -0.491 e. The topological polar surface area (TPSA) is 57.2 Å². The van der Waals surface area contributed by atoms with Crippen molar-refractivity contribution in [1.82, 2.24) is 0 Å². The van der Waals surface area contributed by atoms with E-state index in [-0.39, 0.29) is 19.3 Å². The van der Waals surface area contributed by atoms with E-state index < -0.39 is 5.41 Å². The summed E-state index contributed by atoms with van der Waals surface area (Å²) in [6.07, 6.45) is 0.810. The Bertz CT molecular complexity index is 940. The minimum absolute atomic E-state index is 0.0538. The van der Waals surface area contributed by atoms with Crippen molar-refractivity contribution >= 4 is 11.6 Å². The van der Waals surface area contributed by atoms with Gasteiger partial charge in [0.2, 0.25) is 12.7 Å². The molecule has 4 heterocycles. The van der Waals surface area contributed by atoms with Crippen molar-refractivity contribution in [3.05, 3.63) is 41.5 Å². The smallest absolute Gasteiger partial charge is 0.245 e. The second kappa shape index (κ2) is 4.39. The van der Waals surface area contributed by atoms with Gasteiger partial charge < -0.3 is 23.8 Å². The maximum atomic E-state index is 13.5. The second-order valence-corrected chi connectivity index (χ2v) is 6.71. The molecule has 0 bridgehead atoms. The van der Waals surface area contributed by atoms with Gasteiger partial charge in [0.15, 0.2) is 11.5 Å². The summed E-state index contributed by atoms with van der Waals surface area (Å²) in [7, 11) is 0. The number of carbonyl (C=O) groups excluding carboxylic acids is 1. The Morgan fingerprint density at radius 2 is 1.80 bits per heavy atom. The van der Waals surface area contributed by atoms with Crippen LogP contribution >= 0.6 is 0 Å². The highest BCUT2D eigenvalue weighted by Gasteiger charge is 2.58. The van der Waals surface area contributed by atoms with Crippen molar-refractivity contribution in [1.29, 1.82) is 0 Å². The quantitative estimate of drug-likeness (QED) is 0.738. The minimum atomic E-state index is -0.831. The largest absolute Gasteiger partial charge is 0.491 e. The number of fused-ring (bicyclic) bond motifs is 4. The molecule has 4 aliphatic rings. The molecular weight excluding hydrogens is 322 g/mol. The number of benzene rings is 2. The van der Waals surface area contributed by atoms with Gasteiger partial charge in [-0.05, 0) is 18.6 Å². The van der Waals surface area contributed by atoms with E-state index in [4.69, 9.17) is 18.9 Å². The summed E-state index contributed by atoms with van der Waals surface area (Å²) >= 11 is 0. The summed E-state index contributed by atoms with van der Waals surface area (Å²) in [6, 6.07) is 9.61. The molecule has 0 radical (unpaired) electrons. The number of anilines is 1. The molecule has 2 aromatic carbocycles. The van der Waals surface area contributed by atoms with Crippen LogP contribution in [-0.2, 0) is 10.2 Å². The van der Waals surface area contributed by atoms with Gasteiger partial charge in [-0.3, -0.25) is 4.79 Å². The highest BCUT2D eigenvalue weighted by molar-refractivity contribution is 6.13. The molecule has 1 amide bonds. The summed E-state index contributed by atoms with van der Waals surface area (Å²) in [5.74, 6) is 2.84. The molecule has 1 atom stereocenters. The molecule has 25 heavy (non-hydrogen) atoms. The van der Waals surface area contributed by atoms with Gasteiger partial charge in [-0.2, -0.15) is 0 Å². The van der Waals surface area contributed by atoms with Gasteiger partial charge in [-0.1, -0.05) is 12.1 Å². The lowest BCUT2D eigenvalue weighted by Gasteiger charge is -2.22. The Kier molecular flexibility index (Phi) is 2.35. The average molecular weight is 337 g/mol. The van der Waals surface area contributed by atoms with E-state index in [0.29, 0.717) is 30.4 Å². The van der Waals surface area contributed by atoms with Gasteiger partial charge in [-0.25, -0.2) is 0 Å². The van der Waals surface area contributed by atoms with Crippen LogP contribution in [0.4, 0.5) is 5.69 Å². The van der Waals surface area contributed by atoms with Crippen LogP contribution in [-0.4, -0.2) is 32.5 Å². The first-order chi connectivity index (χ1) is 12.3. The highest BCUT2D eigenvalue weighted by Crippen LogP contribution is 2.57. The first-order valence-electron chi connectivity index (χ1n) is 8.44. The lowest BCUT2D eigenvalue weighted by atomic mass is 9.77. The normalized spacial score (nSPS) is 24.6. The molecule has 0 fully saturated rings. The molecule has 6 heteroatoms. The van der Waals surface area contributed by atoms with Crippen LogP contribution < -0.4 is 23.8 Å². The Morgan fingerprint density at radius 3 is 2.72 bits per heavy atom. The molecule has 126 valence electrons. The molecule has 4 aliphatic heterocycles. The molecule has 0 saturated heterocycles. The van der Waals surface area contributed by atoms with Crippen LogP contribution in [0.25, 0.3) is 0 Å². The van der Waals surface area contributed by atoms with Crippen molar-refractivity contribution in [2.24, 2.45) is 0 Å². The molecular formula is C19H15NO5. The maximum Gasteiger partial charge on any atom is 0.245 e. The van der Waals surface area contributed by atoms with Gasteiger partial charge in [0.05, 0.1) is 12.3 Å². The zero-order valence-electron chi connectivity index (χ0n) is 13.4. The number of amides is 1. The predicted octanol–water partition coefficient (Wildman–Crippen LogP) is 2.22. The van der Waals surface area contributed by atoms with E-state index >= 15 is 0 Å². The fraction of sp³-hybridized carbons (Fsp3) is 0.316. The van der Waals surface area contributed by atoms with E-state index in [9.17, 15) is 4.79 Å². The summed E-state index contributed by atoms with van der Waals surface area (Å²) in [6.45, 7) is 1.76. The van der Waals surface area contributed by atoms with Gasteiger partial charge >= 0.3 is 0 Å². The predicted molar refractivity (Wildman–Crippen MR) is 87.7 cm³/mol. The number of rotatable bonds is 0. The van der Waals surface area contributed by atoms with Crippen molar-refractivity contribution in [2.75, 3.05) is 31.5 Å². The van der Waals surface area contributed by atoms with Crippen LogP contribution in [0.15, 0.2) is 30.3 Å². The Labute approximate surface area is 143 Å². The molecule has 0 aromatic heterocycles. The number of para-hydroxylation sites is 1. The van der Waals surface area contributed by atoms with Crippen LogP contribution in [0.1, 0.15) is 17.5 Å². The average Bonchev–Trinajstić information content (AvgIpc) is 3.24. The van der Waals surface area contributed by atoms with Crippen molar-refractivity contribution in [2.45, 2.75) is 11.8 Å². The molecule has 0 N–H and O–H groups in total. The molecule has 1 spiro atoms. The third kappa shape index (κ3) is 1.48.